The minimum Gasteiger partial charge on any atom is -0.479 e. The Morgan fingerprint density at radius 1 is 1.10 bits per heavy atom. The lowest BCUT2D eigenvalue weighted by molar-refractivity contribution is -0.134. The van der Waals surface area contributed by atoms with Gasteiger partial charge in [-0.15, -0.1) is 0 Å². The Balaban J connectivity index is 1.77. The van der Waals surface area contributed by atoms with Gasteiger partial charge < -0.3 is 21.1 Å². The summed E-state index contributed by atoms with van der Waals surface area (Å²) in [6, 6.07) is -1.91. The van der Waals surface area contributed by atoms with E-state index >= 15 is 0 Å². The lowest BCUT2D eigenvalue weighted by Gasteiger charge is -2.37. The fourth-order valence-electron chi connectivity index (χ4n) is 4.98. The van der Waals surface area contributed by atoms with E-state index in [1.165, 1.54) is 0 Å². The molecule has 0 unspecified atom stereocenters. The summed E-state index contributed by atoms with van der Waals surface area (Å²) in [5.41, 5.74) is 5.42. The van der Waals surface area contributed by atoms with Crippen molar-refractivity contribution in [3.05, 3.63) is 29.3 Å². The average molecular weight is 559 g/mol. The van der Waals surface area contributed by atoms with Crippen LogP contribution in [0.25, 0.3) is 0 Å². The van der Waals surface area contributed by atoms with Crippen LogP contribution in [0.15, 0.2) is 6.07 Å². The van der Waals surface area contributed by atoms with Crippen LogP contribution < -0.4 is 21.1 Å². The molecule has 3 amide bonds. The number of nitrogens with two attached hydrogens (primary N) is 1. The molecule has 0 spiro atoms. The summed E-state index contributed by atoms with van der Waals surface area (Å²) in [5.74, 6) is -11.2. The lowest BCUT2D eigenvalue weighted by Crippen LogP contribution is -2.55. The number of amides is 3. The molecule has 2 heterocycles. The zero-order valence-electron chi connectivity index (χ0n) is 21.9. The first kappa shape index (κ1) is 30.3. The van der Waals surface area contributed by atoms with E-state index in [0.29, 0.717) is 45.3 Å². The molecule has 216 valence electrons. The highest BCUT2D eigenvalue weighted by Gasteiger charge is 2.36. The Morgan fingerprint density at radius 3 is 2.23 bits per heavy atom. The normalized spacial score (nSPS) is 20.0. The van der Waals surface area contributed by atoms with E-state index in [4.69, 9.17) is 10.5 Å². The van der Waals surface area contributed by atoms with Crippen molar-refractivity contribution >= 4 is 23.5 Å². The van der Waals surface area contributed by atoms with E-state index in [0.717, 1.165) is 0 Å². The average Bonchev–Trinajstić information content (AvgIpc) is 3.29. The maximum atomic E-state index is 14.0. The molecule has 1 aromatic carbocycles. The van der Waals surface area contributed by atoms with Crippen LogP contribution in [-0.4, -0.2) is 66.7 Å². The molecule has 2 aliphatic heterocycles. The molecule has 3 atom stereocenters. The Kier molecular flexibility index (Phi) is 10.3. The third-order valence-electron chi connectivity index (χ3n) is 7.19. The quantitative estimate of drug-likeness (QED) is 0.265. The minimum atomic E-state index is -1.80. The number of piperidine rings is 1. The van der Waals surface area contributed by atoms with Crippen LogP contribution in [0.4, 0.5) is 17.6 Å². The first-order valence-electron chi connectivity index (χ1n) is 13.0. The molecule has 2 saturated heterocycles. The molecule has 9 nitrogen and oxygen atoms in total. The maximum Gasteiger partial charge on any atom is 0.237 e. The number of hydrogen-bond donors (Lipinski definition) is 3. The number of ether oxygens (including phenoxy) is 1. The summed E-state index contributed by atoms with van der Waals surface area (Å²) in [6.07, 6.45) is 1.72. The van der Waals surface area contributed by atoms with Gasteiger partial charge in [0.25, 0.3) is 0 Å². The van der Waals surface area contributed by atoms with Gasteiger partial charge in [0.05, 0.1) is 12.1 Å². The molecule has 13 heteroatoms. The van der Waals surface area contributed by atoms with Gasteiger partial charge in [-0.05, 0) is 51.1 Å². The van der Waals surface area contributed by atoms with E-state index in [1.807, 2.05) is 18.7 Å². The first-order chi connectivity index (χ1) is 18.4. The number of carbonyl (C=O) groups is 4. The zero-order chi connectivity index (χ0) is 28.9. The third kappa shape index (κ3) is 7.68. The second kappa shape index (κ2) is 13.2. The first-order valence-corrected chi connectivity index (χ1v) is 13.0. The van der Waals surface area contributed by atoms with Crippen molar-refractivity contribution in [3.63, 3.8) is 0 Å². The van der Waals surface area contributed by atoms with Crippen LogP contribution in [0.2, 0.25) is 0 Å². The van der Waals surface area contributed by atoms with Gasteiger partial charge >= 0.3 is 0 Å². The van der Waals surface area contributed by atoms with Crippen LogP contribution in [0, 0.1) is 41.0 Å². The van der Waals surface area contributed by atoms with Gasteiger partial charge in [-0.2, -0.15) is 8.78 Å². The number of benzene rings is 1. The number of rotatable bonds is 12. The van der Waals surface area contributed by atoms with E-state index in [2.05, 4.69) is 10.6 Å². The predicted molar refractivity (Wildman–Crippen MR) is 131 cm³/mol. The molecule has 0 radical (unpaired) electrons. The van der Waals surface area contributed by atoms with Crippen molar-refractivity contribution < 1.29 is 41.5 Å². The van der Waals surface area contributed by atoms with Gasteiger partial charge in [-0.25, -0.2) is 8.78 Å². The van der Waals surface area contributed by atoms with Crippen LogP contribution in [0.1, 0.15) is 46.0 Å². The zero-order valence-corrected chi connectivity index (χ0v) is 21.9. The van der Waals surface area contributed by atoms with Gasteiger partial charge in [0.1, 0.15) is 6.61 Å². The molecule has 0 aliphatic carbocycles. The van der Waals surface area contributed by atoms with E-state index in [-0.39, 0.29) is 30.2 Å². The number of carbonyl (C=O) groups excluding carboxylic acids is 4. The Morgan fingerprint density at radius 2 is 1.72 bits per heavy atom. The highest BCUT2D eigenvalue weighted by molar-refractivity contribution is 5.92. The molecule has 0 aromatic heterocycles. The molecular weight excluding hydrogens is 524 g/mol. The summed E-state index contributed by atoms with van der Waals surface area (Å²) >= 11 is 0. The molecule has 0 bridgehead atoms. The van der Waals surface area contributed by atoms with Gasteiger partial charge in [0, 0.05) is 24.4 Å². The molecule has 2 fully saturated rings. The number of likely N-dealkylation sites (tertiary alicyclic amines) is 1. The largest absolute Gasteiger partial charge is 0.479 e. The number of Topliss-reactive ketones (excluding diaryl/α,β-unsaturated/α-hetero) is 1. The van der Waals surface area contributed by atoms with Crippen LogP contribution in [0.3, 0.4) is 0 Å². The lowest BCUT2D eigenvalue weighted by atomic mass is 9.92. The van der Waals surface area contributed by atoms with Crippen molar-refractivity contribution in [2.24, 2.45) is 23.5 Å². The molecule has 0 saturated carbocycles. The monoisotopic (exact) mass is 558 g/mol. The van der Waals surface area contributed by atoms with Crippen LogP contribution >= 0.6 is 0 Å². The molecule has 3 rings (SSSR count). The topological polar surface area (TPSA) is 131 Å². The smallest absolute Gasteiger partial charge is 0.237 e. The molecular formula is C26H34F4N4O5. The van der Waals surface area contributed by atoms with Gasteiger partial charge in [-0.3, -0.25) is 24.1 Å². The number of ketones is 1. The highest BCUT2D eigenvalue weighted by atomic mass is 19.2. The van der Waals surface area contributed by atoms with Crippen molar-refractivity contribution in [2.75, 3.05) is 26.2 Å². The Hall–Kier alpha value is -3.22. The fourth-order valence-corrected chi connectivity index (χ4v) is 4.98. The van der Waals surface area contributed by atoms with E-state index < -0.39 is 71.2 Å². The number of nitrogens with zero attached hydrogens (tertiary/aromatic N) is 1. The van der Waals surface area contributed by atoms with Gasteiger partial charge in [0.15, 0.2) is 23.2 Å². The summed E-state index contributed by atoms with van der Waals surface area (Å²) in [5, 5.41) is 5.32. The fraction of sp³-hybridized carbons (Fsp3) is 0.615. The molecule has 39 heavy (non-hydrogen) atoms. The minimum absolute atomic E-state index is 0.0161. The van der Waals surface area contributed by atoms with E-state index in [9.17, 15) is 36.7 Å². The molecule has 4 N–H and O–H groups in total. The van der Waals surface area contributed by atoms with Crippen LogP contribution in [-0.2, 0) is 19.2 Å². The van der Waals surface area contributed by atoms with E-state index in [1.54, 1.807) is 0 Å². The summed E-state index contributed by atoms with van der Waals surface area (Å²) in [4.78, 5) is 52.2. The number of halogens is 4. The van der Waals surface area contributed by atoms with Crippen molar-refractivity contribution in [2.45, 2.75) is 58.0 Å². The molecule has 1 aromatic rings. The standard InChI is InChI=1S/C26H34F4N4O5/c1-13(2)9-19(34-7-4-14(5-8-34)24(31)36)26(38)33-18(10-15-3-6-32-25(15)37)20(35)12-39-23-21(29)16(27)11-17(28)22(23)30/h11,13-15,18-19H,3-10,12H2,1-2H3,(H2,31,36)(H,32,37)(H,33,38)/t15-,18-,19-/m0/s1. The van der Waals surface area contributed by atoms with Gasteiger partial charge in [-0.1, -0.05) is 13.8 Å². The number of nitrogens with one attached hydrogen (secondary N) is 2. The highest BCUT2D eigenvalue weighted by Crippen LogP contribution is 2.27. The van der Waals surface area contributed by atoms with Crippen molar-refractivity contribution in [3.8, 4) is 5.75 Å². The summed E-state index contributed by atoms with van der Waals surface area (Å²) < 4.78 is 60.0. The van der Waals surface area contributed by atoms with Crippen molar-refractivity contribution in [1.29, 1.82) is 0 Å². The SMILES string of the molecule is CC(C)C[C@@H](C(=O)N[C@@H](C[C@@H]1CCNC1=O)C(=O)COc1c(F)c(F)cc(F)c1F)N1CCC(C(N)=O)CC1. The number of primary amides is 1. The second-order valence-corrected chi connectivity index (χ2v) is 10.5. The Labute approximate surface area is 223 Å². The summed E-state index contributed by atoms with van der Waals surface area (Å²) in [7, 11) is 0. The number of hydrogen-bond acceptors (Lipinski definition) is 6. The second-order valence-electron chi connectivity index (χ2n) is 10.5. The van der Waals surface area contributed by atoms with Crippen LogP contribution in [0.5, 0.6) is 5.75 Å². The van der Waals surface area contributed by atoms with Crippen molar-refractivity contribution in [1.82, 2.24) is 15.5 Å². The Bertz CT molecular complexity index is 1070. The third-order valence-corrected chi connectivity index (χ3v) is 7.19. The predicted octanol–water partition coefficient (Wildman–Crippen LogP) is 1.81. The molecule has 2 aliphatic rings. The van der Waals surface area contributed by atoms with Gasteiger partial charge in [0.2, 0.25) is 29.4 Å². The summed E-state index contributed by atoms with van der Waals surface area (Å²) in [6.45, 7) is 4.12. The maximum absolute atomic E-state index is 14.0.